The molecule has 0 unspecified atom stereocenters. The van der Waals surface area contributed by atoms with Crippen LogP contribution in [-0.2, 0) is 22.6 Å². The number of alkyl halides is 3. The van der Waals surface area contributed by atoms with Crippen molar-refractivity contribution in [1.82, 2.24) is 4.72 Å². The summed E-state index contributed by atoms with van der Waals surface area (Å²) in [6.45, 7) is 8.39. The molecule has 1 amide bonds. The number of carbonyl (C=O) groups excluding carboxylic acids is 1. The number of carbonyl (C=O) groups is 1. The summed E-state index contributed by atoms with van der Waals surface area (Å²) in [6.07, 6.45) is -3.62. The van der Waals surface area contributed by atoms with E-state index in [9.17, 15) is 26.4 Å². The molecule has 0 bridgehead atoms. The number of benzene rings is 3. The third-order valence-corrected chi connectivity index (χ3v) is 6.98. The fraction of sp³-hybridized carbons (Fsp3) is 0.321. The average Bonchev–Trinajstić information content (AvgIpc) is 2.82. The molecule has 37 heavy (non-hydrogen) atoms. The van der Waals surface area contributed by atoms with E-state index in [1.54, 1.807) is 12.1 Å². The summed E-state index contributed by atoms with van der Waals surface area (Å²) in [5.41, 5.74) is 1.94. The van der Waals surface area contributed by atoms with Crippen molar-refractivity contribution in [3.63, 3.8) is 0 Å². The highest BCUT2D eigenvalue weighted by Crippen LogP contribution is 2.35. The van der Waals surface area contributed by atoms with Crippen molar-refractivity contribution in [1.29, 1.82) is 0 Å². The first-order chi connectivity index (χ1) is 17.3. The molecule has 1 N–H and O–H groups in total. The van der Waals surface area contributed by atoms with Crippen molar-refractivity contribution in [3.8, 4) is 16.9 Å². The van der Waals surface area contributed by atoms with E-state index in [4.69, 9.17) is 4.74 Å². The number of hydrogen-bond donors (Lipinski definition) is 1. The molecule has 198 valence electrons. The van der Waals surface area contributed by atoms with Crippen LogP contribution < -0.4 is 9.46 Å². The molecule has 0 aliphatic rings. The van der Waals surface area contributed by atoms with Gasteiger partial charge in [-0.1, -0.05) is 56.7 Å². The predicted molar refractivity (Wildman–Crippen MR) is 137 cm³/mol. The topological polar surface area (TPSA) is 72.5 Å². The van der Waals surface area contributed by atoms with E-state index in [1.165, 1.54) is 12.1 Å². The molecule has 9 heteroatoms. The van der Waals surface area contributed by atoms with E-state index in [-0.39, 0.29) is 11.5 Å². The second kappa shape index (κ2) is 11.4. The Morgan fingerprint density at radius 1 is 1.03 bits per heavy atom. The highest BCUT2D eigenvalue weighted by molar-refractivity contribution is 7.90. The first kappa shape index (κ1) is 28.2. The lowest BCUT2D eigenvalue weighted by Crippen LogP contribution is -2.32. The molecule has 0 heterocycles. The molecule has 0 fully saturated rings. The van der Waals surface area contributed by atoms with E-state index in [0.29, 0.717) is 30.4 Å². The zero-order valence-electron chi connectivity index (χ0n) is 21.1. The summed E-state index contributed by atoms with van der Waals surface area (Å²) >= 11 is 0. The maximum Gasteiger partial charge on any atom is 0.417 e. The van der Waals surface area contributed by atoms with Crippen LogP contribution >= 0.6 is 0 Å². The number of nitrogens with one attached hydrogen (secondary N) is 1. The first-order valence-electron chi connectivity index (χ1n) is 11.9. The van der Waals surface area contributed by atoms with Crippen LogP contribution in [0.2, 0.25) is 0 Å². The lowest BCUT2D eigenvalue weighted by molar-refractivity contribution is -0.139. The van der Waals surface area contributed by atoms with Crippen molar-refractivity contribution in [2.75, 3.05) is 6.61 Å². The Bertz CT molecular complexity index is 1380. The molecule has 0 spiro atoms. The molecule has 0 aromatic heterocycles. The first-order valence-corrected chi connectivity index (χ1v) is 13.4. The molecule has 3 aromatic carbocycles. The van der Waals surface area contributed by atoms with Crippen LogP contribution in [-0.4, -0.2) is 20.9 Å². The molecular weight excluding hydrogens is 503 g/mol. The van der Waals surface area contributed by atoms with E-state index < -0.39 is 32.6 Å². The summed E-state index contributed by atoms with van der Waals surface area (Å²) in [5, 5.41) is 0. The van der Waals surface area contributed by atoms with Gasteiger partial charge in [-0.3, -0.25) is 4.79 Å². The minimum atomic E-state index is -4.90. The van der Waals surface area contributed by atoms with Crippen LogP contribution in [0.15, 0.2) is 65.6 Å². The minimum Gasteiger partial charge on any atom is -0.493 e. The molecular formula is C28H30F3NO4S. The Labute approximate surface area is 215 Å². The van der Waals surface area contributed by atoms with Crippen molar-refractivity contribution in [3.05, 3.63) is 82.9 Å². The normalized spacial score (nSPS) is 12.0. The SMILES string of the molecule is CCCOc1ccc(C)cc1-c1ccc(C(=O)NS(=O)(=O)c2ccccc2C(F)(F)F)c(CC(C)C)c1. The van der Waals surface area contributed by atoms with Crippen LogP contribution in [0.3, 0.4) is 0 Å². The fourth-order valence-corrected chi connectivity index (χ4v) is 5.16. The standard InChI is InChI=1S/C28H30F3NO4S/c1-5-14-36-25-13-10-19(4)16-23(25)20-11-12-22(21(17-20)15-18(2)3)27(33)32-37(34,35)26-9-7-6-8-24(26)28(29,30)31/h6-13,16-18H,5,14-15H2,1-4H3,(H,32,33). The Hall–Kier alpha value is -3.33. The van der Waals surface area contributed by atoms with Gasteiger partial charge < -0.3 is 4.74 Å². The van der Waals surface area contributed by atoms with Gasteiger partial charge in [-0.15, -0.1) is 0 Å². The second-order valence-electron chi connectivity index (χ2n) is 9.25. The van der Waals surface area contributed by atoms with Crippen LogP contribution in [0.25, 0.3) is 11.1 Å². The van der Waals surface area contributed by atoms with Gasteiger partial charge in [-0.25, -0.2) is 13.1 Å². The van der Waals surface area contributed by atoms with Gasteiger partial charge >= 0.3 is 6.18 Å². The Kier molecular flexibility index (Phi) is 8.68. The van der Waals surface area contributed by atoms with E-state index in [2.05, 4.69) is 0 Å². The Balaban J connectivity index is 2.03. The number of aryl methyl sites for hydroxylation is 1. The summed E-state index contributed by atoms with van der Waals surface area (Å²) in [6, 6.07) is 14.5. The number of hydrogen-bond acceptors (Lipinski definition) is 4. The van der Waals surface area contributed by atoms with Gasteiger partial charge in [0.25, 0.3) is 15.9 Å². The Morgan fingerprint density at radius 3 is 2.38 bits per heavy atom. The molecule has 0 aliphatic heterocycles. The number of amides is 1. The lowest BCUT2D eigenvalue weighted by atomic mass is 9.92. The molecule has 0 saturated heterocycles. The smallest absolute Gasteiger partial charge is 0.417 e. The number of sulfonamides is 1. The minimum absolute atomic E-state index is 0.0780. The summed E-state index contributed by atoms with van der Waals surface area (Å²) < 4.78 is 73.6. The third kappa shape index (κ3) is 6.91. The molecule has 3 rings (SSSR count). The summed E-state index contributed by atoms with van der Waals surface area (Å²) in [7, 11) is -4.79. The van der Waals surface area contributed by atoms with Gasteiger partial charge in [-0.2, -0.15) is 13.2 Å². The number of rotatable bonds is 9. The summed E-state index contributed by atoms with van der Waals surface area (Å²) in [4.78, 5) is 12.1. The average molecular weight is 534 g/mol. The maximum atomic E-state index is 13.4. The van der Waals surface area contributed by atoms with Crippen LogP contribution in [0.5, 0.6) is 5.75 Å². The molecule has 0 atom stereocenters. The van der Waals surface area contributed by atoms with Gasteiger partial charge in [-0.05, 0) is 67.1 Å². The van der Waals surface area contributed by atoms with Crippen molar-refractivity contribution >= 4 is 15.9 Å². The highest BCUT2D eigenvalue weighted by Gasteiger charge is 2.37. The largest absolute Gasteiger partial charge is 0.493 e. The highest BCUT2D eigenvalue weighted by atomic mass is 32.2. The van der Waals surface area contributed by atoms with Crippen molar-refractivity contribution in [2.45, 2.75) is 51.6 Å². The van der Waals surface area contributed by atoms with E-state index in [1.807, 2.05) is 50.6 Å². The molecule has 3 aromatic rings. The summed E-state index contributed by atoms with van der Waals surface area (Å²) in [5.74, 6) is -0.185. The van der Waals surface area contributed by atoms with Crippen LogP contribution in [0, 0.1) is 12.8 Å². The van der Waals surface area contributed by atoms with Gasteiger partial charge in [0.05, 0.1) is 17.1 Å². The zero-order valence-corrected chi connectivity index (χ0v) is 22.0. The van der Waals surface area contributed by atoms with Crippen LogP contribution in [0.4, 0.5) is 13.2 Å². The number of ether oxygens (including phenoxy) is 1. The molecule has 0 saturated carbocycles. The van der Waals surface area contributed by atoms with Crippen molar-refractivity contribution in [2.24, 2.45) is 5.92 Å². The van der Waals surface area contributed by atoms with E-state index in [0.717, 1.165) is 35.2 Å². The van der Waals surface area contributed by atoms with Crippen molar-refractivity contribution < 1.29 is 31.1 Å². The molecule has 0 aliphatic carbocycles. The lowest BCUT2D eigenvalue weighted by Gasteiger charge is -2.17. The number of halogens is 3. The van der Waals surface area contributed by atoms with Crippen LogP contribution in [0.1, 0.15) is 54.2 Å². The van der Waals surface area contributed by atoms with E-state index >= 15 is 0 Å². The van der Waals surface area contributed by atoms with Gasteiger partial charge in [0.15, 0.2) is 0 Å². The second-order valence-corrected chi connectivity index (χ2v) is 10.9. The van der Waals surface area contributed by atoms with Gasteiger partial charge in [0.2, 0.25) is 0 Å². The fourth-order valence-electron chi connectivity index (χ4n) is 3.97. The maximum absolute atomic E-state index is 13.4. The predicted octanol–water partition coefficient (Wildman–Crippen LogP) is 6.79. The third-order valence-electron chi connectivity index (χ3n) is 5.59. The van der Waals surface area contributed by atoms with Gasteiger partial charge in [0, 0.05) is 11.1 Å². The zero-order chi connectivity index (χ0) is 27.4. The Morgan fingerprint density at radius 2 is 1.73 bits per heavy atom. The molecule has 0 radical (unpaired) electrons. The molecule has 5 nitrogen and oxygen atoms in total. The quantitative estimate of drug-likeness (QED) is 0.329. The van der Waals surface area contributed by atoms with Gasteiger partial charge in [0.1, 0.15) is 5.75 Å². The monoisotopic (exact) mass is 533 g/mol.